The van der Waals surface area contributed by atoms with E-state index in [4.69, 9.17) is 17.3 Å². The second-order valence-corrected chi connectivity index (χ2v) is 4.85. The number of amides is 1. The third-order valence-electron chi connectivity index (χ3n) is 3.04. The van der Waals surface area contributed by atoms with Crippen molar-refractivity contribution in [3.05, 3.63) is 63.9 Å². The highest BCUT2D eigenvalue weighted by molar-refractivity contribution is 6.31. The van der Waals surface area contributed by atoms with Gasteiger partial charge in [-0.05, 0) is 30.7 Å². The van der Waals surface area contributed by atoms with Crippen LogP contribution in [0.1, 0.15) is 21.5 Å². The zero-order valence-corrected chi connectivity index (χ0v) is 11.7. The number of carbonyl (C=O) groups excluding carboxylic acids is 1. The first-order chi connectivity index (χ1) is 9.49. The second-order valence-electron chi connectivity index (χ2n) is 4.45. The maximum Gasteiger partial charge on any atom is 0.251 e. The van der Waals surface area contributed by atoms with Crippen LogP contribution in [0.4, 0.5) is 10.1 Å². The van der Waals surface area contributed by atoms with Crippen molar-refractivity contribution in [2.75, 3.05) is 5.73 Å². The fourth-order valence-electron chi connectivity index (χ4n) is 1.75. The van der Waals surface area contributed by atoms with E-state index in [-0.39, 0.29) is 17.8 Å². The minimum absolute atomic E-state index is 0.192. The molecule has 0 unspecified atom stereocenters. The number of anilines is 1. The zero-order chi connectivity index (χ0) is 14.7. The predicted molar refractivity (Wildman–Crippen MR) is 78.2 cm³/mol. The van der Waals surface area contributed by atoms with Gasteiger partial charge in [-0.25, -0.2) is 4.39 Å². The van der Waals surface area contributed by atoms with Crippen LogP contribution in [-0.2, 0) is 6.54 Å². The van der Waals surface area contributed by atoms with E-state index in [2.05, 4.69) is 5.32 Å². The van der Waals surface area contributed by atoms with Gasteiger partial charge >= 0.3 is 0 Å². The molecule has 0 aromatic heterocycles. The van der Waals surface area contributed by atoms with E-state index >= 15 is 0 Å². The van der Waals surface area contributed by atoms with Gasteiger partial charge < -0.3 is 11.1 Å². The molecule has 0 atom stereocenters. The maximum absolute atomic E-state index is 13.5. The zero-order valence-electron chi connectivity index (χ0n) is 10.9. The summed E-state index contributed by atoms with van der Waals surface area (Å²) in [5.41, 5.74) is 7.23. The first-order valence-corrected chi connectivity index (χ1v) is 6.44. The van der Waals surface area contributed by atoms with Gasteiger partial charge in [-0.3, -0.25) is 4.79 Å². The number of nitrogens with one attached hydrogen (secondary N) is 1. The third kappa shape index (κ3) is 3.08. The molecule has 0 bridgehead atoms. The van der Waals surface area contributed by atoms with E-state index in [1.807, 2.05) is 18.2 Å². The molecule has 0 spiro atoms. The second kappa shape index (κ2) is 5.92. The average molecular weight is 293 g/mol. The standard InChI is InChI=1S/C15H14ClFN2O/c1-9-13(17)6-11(7-14(9)18)15(20)19-8-10-4-2-3-5-12(10)16/h2-7H,8,18H2,1H3,(H,19,20). The highest BCUT2D eigenvalue weighted by Gasteiger charge is 2.11. The van der Waals surface area contributed by atoms with Gasteiger partial charge in [0, 0.05) is 28.4 Å². The van der Waals surface area contributed by atoms with Crippen molar-refractivity contribution >= 4 is 23.2 Å². The largest absolute Gasteiger partial charge is 0.398 e. The summed E-state index contributed by atoms with van der Waals surface area (Å²) in [6.07, 6.45) is 0. The van der Waals surface area contributed by atoms with Crippen molar-refractivity contribution in [1.29, 1.82) is 0 Å². The van der Waals surface area contributed by atoms with Crippen molar-refractivity contribution in [3.63, 3.8) is 0 Å². The topological polar surface area (TPSA) is 55.1 Å². The average Bonchev–Trinajstić information content (AvgIpc) is 2.43. The first-order valence-electron chi connectivity index (χ1n) is 6.06. The van der Waals surface area contributed by atoms with Gasteiger partial charge in [-0.2, -0.15) is 0 Å². The van der Waals surface area contributed by atoms with Crippen LogP contribution in [0, 0.1) is 12.7 Å². The Balaban J connectivity index is 2.11. The monoisotopic (exact) mass is 292 g/mol. The molecule has 0 radical (unpaired) electrons. The van der Waals surface area contributed by atoms with Crippen molar-refractivity contribution in [1.82, 2.24) is 5.32 Å². The molecule has 2 aromatic carbocycles. The molecule has 0 heterocycles. The van der Waals surface area contributed by atoms with Crippen LogP contribution in [0.15, 0.2) is 36.4 Å². The van der Waals surface area contributed by atoms with Gasteiger partial charge in [-0.1, -0.05) is 29.8 Å². The number of nitrogen functional groups attached to an aromatic ring is 1. The highest BCUT2D eigenvalue weighted by Crippen LogP contribution is 2.18. The van der Waals surface area contributed by atoms with Crippen molar-refractivity contribution in [2.45, 2.75) is 13.5 Å². The Morgan fingerprint density at radius 1 is 1.35 bits per heavy atom. The summed E-state index contributed by atoms with van der Waals surface area (Å²) in [7, 11) is 0. The van der Waals surface area contributed by atoms with E-state index < -0.39 is 11.7 Å². The van der Waals surface area contributed by atoms with Gasteiger partial charge in [0.05, 0.1) is 0 Å². The Labute approximate surface area is 121 Å². The van der Waals surface area contributed by atoms with Crippen LogP contribution in [0.2, 0.25) is 5.02 Å². The number of benzene rings is 2. The van der Waals surface area contributed by atoms with Crippen LogP contribution in [0.3, 0.4) is 0 Å². The molecule has 0 aliphatic rings. The molecule has 0 fully saturated rings. The Bertz CT molecular complexity index is 635. The van der Waals surface area contributed by atoms with Crippen LogP contribution < -0.4 is 11.1 Å². The summed E-state index contributed by atoms with van der Waals surface area (Å²) in [6.45, 7) is 1.84. The normalized spacial score (nSPS) is 10.3. The molecule has 2 aromatic rings. The number of hydrogen-bond donors (Lipinski definition) is 2. The summed E-state index contributed by atoms with van der Waals surface area (Å²) in [5.74, 6) is -0.886. The Morgan fingerprint density at radius 3 is 2.70 bits per heavy atom. The van der Waals surface area contributed by atoms with Gasteiger partial charge in [0.25, 0.3) is 5.91 Å². The summed E-state index contributed by atoms with van der Waals surface area (Å²) >= 11 is 5.99. The number of carbonyl (C=O) groups is 1. The third-order valence-corrected chi connectivity index (χ3v) is 3.41. The Morgan fingerprint density at radius 2 is 2.05 bits per heavy atom. The number of halogens is 2. The Kier molecular flexibility index (Phi) is 4.25. The minimum Gasteiger partial charge on any atom is -0.398 e. The molecule has 3 N–H and O–H groups in total. The van der Waals surface area contributed by atoms with E-state index in [0.29, 0.717) is 10.6 Å². The lowest BCUT2D eigenvalue weighted by molar-refractivity contribution is 0.0950. The van der Waals surface area contributed by atoms with Crippen molar-refractivity contribution < 1.29 is 9.18 Å². The summed E-state index contributed by atoms with van der Waals surface area (Å²) in [6, 6.07) is 9.83. The first kappa shape index (κ1) is 14.3. The van der Waals surface area contributed by atoms with Crippen molar-refractivity contribution in [2.24, 2.45) is 0 Å². The predicted octanol–water partition coefficient (Wildman–Crippen LogP) is 3.30. The fourth-order valence-corrected chi connectivity index (χ4v) is 1.95. The van der Waals surface area contributed by atoms with E-state index in [1.165, 1.54) is 12.1 Å². The Hall–Kier alpha value is -2.07. The molecule has 5 heteroatoms. The van der Waals surface area contributed by atoms with E-state index in [9.17, 15) is 9.18 Å². The van der Waals surface area contributed by atoms with Crippen molar-refractivity contribution in [3.8, 4) is 0 Å². The van der Waals surface area contributed by atoms with Crippen LogP contribution >= 0.6 is 11.6 Å². The lowest BCUT2D eigenvalue weighted by atomic mass is 10.1. The van der Waals surface area contributed by atoms with E-state index in [1.54, 1.807) is 13.0 Å². The molecule has 0 aliphatic carbocycles. The minimum atomic E-state index is -0.493. The maximum atomic E-state index is 13.5. The smallest absolute Gasteiger partial charge is 0.251 e. The number of rotatable bonds is 3. The van der Waals surface area contributed by atoms with Gasteiger partial charge in [0.1, 0.15) is 5.82 Å². The summed E-state index contributed by atoms with van der Waals surface area (Å²) in [5, 5.41) is 3.26. The molecule has 20 heavy (non-hydrogen) atoms. The van der Waals surface area contributed by atoms with Gasteiger partial charge in [-0.15, -0.1) is 0 Å². The lowest BCUT2D eigenvalue weighted by Crippen LogP contribution is -2.23. The number of hydrogen-bond acceptors (Lipinski definition) is 2. The SMILES string of the molecule is Cc1c(N)cc(C(=O)NCc2ccccc2Cl)cc1F. The quantitative estimate of drug-likeness (QED) is 0.853. The summed E-state index contributed by atoms with van der Waals surface area (Å²) < 4.78 is 13.5. The van der Waals surface area contributed by atoms with Gasteiger partial charge in [0.2, 0.25) is 0 Å². The van der Waals surface area contributed by atoms with E-state index in [0.717, 1.165) is 5.56 Å². The number of nitrogens with two attached hydrogens (primary N) is 1. The van der Waals surface area contributed by atoms with Crippen LogP contribution in [0.25, 0.3) is 0 Å². The molecule has 104 valence electrons. The van der Waals surface area contributed by atoms with Crippen LogP contribution in [0.5, 0.6) is 0 Å². The molecule has 0 saturated carbocycles. The molecule has 1 amide bonds. The fraction of sp³-hybridized carbons (Fsp3) is 0.133. The molecular formula is C15H14ClFN2O. The summed E-state index contributed by atoms with van der Waals surface area (Å²) in [4.78, 5) is 12.0. The molecule has 0 aliphatic heterocycles. The molecule has 0 saturated heterocycles. The molecule has 2 rings (SSSR count). The molecular weight excluding hydrogens is 279 g/mol. The molecule has 3 nitrogen and oxygen atoms in total. The van der Waals surface area contributed by atoms with Crippen LogP contribution in [-0.4, -0.2) is 5.91 Å². The van der Waals surface area contributed by atoms with Gasteiger partial charge in [0.15, 0.2) is 0 Å². The highest BCUT2D eigenvalue weighted by atomic mass is 35.5. The lowest BCUT2D eigenvalue weighted by Gasteiger charge is -2.09.